The number of hydrogen-bond acceptors (Lipinski definition) is 1. The molecule has 0 saturated carbocycles. The summed E-state index contributed by atoms with van der Waals surface area (Å²) in [5.41, 5.74) is 2.60. The van der Waals surface area contributed by atoms with Crippen LogP contribution < -0.4 is 5.32 Å². The molecular weight excluding hydrogens is 206 g/mol. The van der Waals surface area contributed by atoms with Crippen LogP contribution in [0.15, 0.2) is 24.3 Å². The normalized spacial score (nSPS) is 10.3. The third kappa shape index (κ3) is 5.08. The van der Waals surface area contributed by atoms with Crippen LogP contribution in [0.2, 0.25) is 0 Å². The topological polar surface area (TPSA) is 12.0 Å². The van der Waals surface area contributed by atoms with Gasteiger partial charge >= 0.3 is 0 Å². The van der Waals surface area contributed by atoms with E-state index in [-0.39, 0.29) is 0 Å². The number of aryl methyl sites for hydroxylation is 1. The molecule has 0 aliphatic carbocycles. The molecule has 1 N–H and O–H groups in total. The van der Waals surface area contributed by atoms with Crippen LogP contribution in [0.4, 0.5) is 5.69 Å². The fourth-order valence-corrected chi connectivity index (χ4v) is 1.65. The first-order valence-corrected chi connectivity index (χ1v) is 6.29. The average molecular weight is 226 g/mol. The zero-order chi connectivity index (χ0) is 10.9. The van der Waals surface area contributed by atoms with Crippen LogP contribution >= 0.6 is 11.6 Å². The lowest BCUT2D eigenvalue weighted by molar-refractivity contribution is 0.834. The Bertz CT molecular complexity index is 273. The second-order valence-corrected chi connectivity index (χ2v) is 4.15. The third-order valence-corrected chi connectivity index (χ3v) is 2.65. The van der Waals surface area contributed by atoms with Crippen molar-refractivity contribution in [2.75, 3.05) is 17.7 Å². The van der Waals surface area contributed by atoms with E-state index in [1.165, 1.54) is 24.1 Å². The number of nitrogens with one attached hydrogen (secondary N) is 1. The highest BCUT2D eigenvalue weighted by Crippen LogP contribution is 2.12. The van der Waals surface area contributed by atoms with Crippen LogP contribution in [0.25, 0.3) is 0 Å². The molecule has 0 saturated heterocycles. The van der Waals surface area contributed by atoms with E-state index in [4.69, 9.17) is 11.6 Å². The number of rotatable bonds is 7. The van der Waals surface area contributed by atoms with Gasteiger partial charge in [0.2, 0.25) is 0 Å². The summed E-state index contributed by atoms with van der Waals surface area (Å²) in [4.78, 5) is 0. The molecule has 1 aromatic rings. The molecule has 1 nitrogen and oxygen atoms in total. The smallest absolute Gasteiger partial charge is 0.0342 e. The van der Waals surface area contributed by atoms with Gasteiger partial charge in [-0.2, -0.15) is 0 Å². The van der Waals surface area contributed by atoms with E-state index < -0.39 is 0 Å². The molecule has 0 atom stereocenters. The Balaban J connectivity index is 2.42. The van der Waals surface area contributed by atoms with Gasteiger partial charge < -0.3 is 5.32 Å². The molecule has 15 heavy (non-hydrogen) atoms. The lowest BCUT2D eigenvalue weighted by Gasteiger charge is -2.07. The lowest BCUT2D eigenvalue weighted by Crippen LogP contribution is -2.01. The van der Waals surface area contributed by atoms with Crippen LogP contribution in [-0.4, -0.2) is 12.4 Å². The molecule has 0 heterocycles. The van der Waals surface area contributed by atoms with Gasteiger partial charge in [-0.05, 0) is 37.0 Å². The Morgan fingerprint density at radius 2 is 2.13 bits per heavy atom. The van der Waals surface area contributed by atoms with Crippen molar-refractivity contribution < 1.29 is 0 Å². The van der Waals surface area contributed by atoms with Gasteiger partial charge in [-0.15, -0.1) is 11.6 Å². The maximum absolute atomic E-state index is 5.68. The molecule has 1 aromatic carbocycles. The van der Waals surface area contributed by atoms with E-state index in [1.807, 2.05) is 0 Å². The monoisotopic (exact) mass is 225 g/mol. The summed E-state index contributed by atoms with van der Waals surface area (Å²) in [6, 6.07) is 8.62. The summed E-state index contributed by atoms with van der Waals surface area (Å²) in [5.74, 6) is 0.744. The molecule has 0 radical (unpaired) electrons. The van der Waals surface area contributed by atoms with Crippen LogP contribution in [0, 0.1) is 0 Å². The Kier molecular flexibility index (Phi) is 6.26. The molecule has 0 bridgehead atoms. The summed E-state index contributed by atoms with van der Waals surface area (Å²) in [7, 11) is 0. The van der Waals surface area contributed by atoms with Gasteiger partial charge in [-0.1, -0.05) is 25.5 Å². The number of anilines is 1. The third-order valence-electron chi connectivity index (χ3n) is 2.39. The number of hydrogen-bond donors (Lipinski definition) is 1. The van der Waals surface area contributed by atoms with Crippen molar-refractivity contribution in [3.05, 3.63) is 29.8 Å². The van der Waals surface area contributed by atoms with Crippen LogP contribution in [0.5, 0.6) is 0 Å². The van der Waals surface area contributed by atoms with E-state index in [0.29, 0.717) is 0 Å². The fraction of sp³-hybridized carbons (Fsp3) is 0.538. The molecule has 0 amide bonds. The minimum atomic E-state index is 0.744. The van der Waals surface area contributed by atoms with Gasteiger partial charge in [0.25, 0.3) is 0 Å². The standard InChI is InChI=1S/C13H20ClN/c1-2-3-10-15-13-8-4-6-12(11-13)7-5-9-14/h4,6,8,11,15H,2-3,5,7,9-10H2,1H3. The summed E-state index contributed by atoms with van der Waals surface area (Å²) in [5, 5.41) is 3.43. The molecule has 1 rings (SSSR count). The number of benzene rings is 1. The highest BCUT2D eigenvalue weighted by Gasteiger charge is 1.95. The first kappa shape index (κ1) is 12.4. The molecule has 2 heteroatoms. The molecule has 84 valence electrons. The summed E-state index contributed by atoms with van der Waals surface area (Å²) in [6.45, 7) is 3.27. The van der Waals surface area contributed by atoms with Crippen LogP contribution in [0.3, 0.4) is 0 Å². The van der Waals surface area contributed by atoms with Gasteiger partial charge in [-0.3, -0.25) is 0 Å². The first-order chi connectivity index (χ1) is 7.36. The minimum Gasteiger partial charge on any atom is -0.385 e. The maximum Gasteiger partial charge on any atom is 0.0342 e. The fourth-order valence-electron chi connectivity index (χ4n) is 1.52. The average Bonchev–Trinajstić information content (AvgIpc) is 2.27. The number of halogens is 1. The summed E-state index contributed by atoms with van der Waals surface area (Å²) in [6.07, 6.45) is 4.59. The van der Waals surface area contributed by atoms with Crippen molar-refractivity contribution in [3.8, 4) is 0 Å². The first-order valence-electron chi connectivity index (χ1n) is 5.75. The van der Waals surface area contributed by atoms with E-state index in [2.05, 4.69) is 36.5 Å². The Morgan fingerprint density at radius 3 is 2.87 bits per heavy atom. The highest BCUT2D eigenvalue weighted by molar-refractivity contribution is 6.17. The quantitative estimate of drug-likeness (QED) is 0.545. The van der Waals surface area contributed by atoms with Crippen molar-refractivity contribution in [2.45, 2.75) is 32.6 Å². The predicted molar refractivity (Wildman–Crippen MR) is 68.9 cm³/mol. The van der Waals surface area contributed by atoms with Crippen molar-refractivity contribution >= 4 is 17.3 Å². The second-order valence-electron chi connectivity index (χ2n) is 3.77. The van der Waals surface area contributed by atoms with Gasteiger partial charge in [0.05, 0.1) is 0 Å². The van der Waals surface area contributed by atoms with Gasteiger partial charge in [0.15, 0.2) is 0 Å². The largest absolute Gasteiger partial charge is 0.385 e. The van der Waals surface area contributed by atoms with Crippen LogP contribution in [-0.2, 0) is 6.42 Å². The van der Waals surface area contributed by atoms with Crippen molar-refractivity contribution in [1.82, 2.24) is 0 Å². The van der Waals surface area contributed by atoms with Crippen LogP contribution in [0.1, 0.15) is 31.7 Å². The minimum absolute atomic E-state index is 0.744. The van der Waals surface area contributed by atoms with Crippen molar-refractivity contribution in [2.24, 2.45) is 0 Å². The summed E-state index contributed by atoms with van der Waals surface area (Å²) >= 11 is 5.68. The zero-order valence-electron chi connectivity index (χ0n) is 9.43. The van der Waals surface area contributed by atoms with E-state index in [1.54, 1.807) is 0 Å². The molecule has 0 unspecified atom stereocenters. The molecule has 0 aliphatic rings. The number of unbranched alkanes of at least 4 members (excludes halogenated alkanes) is 1. The van der Waals surface area contributed by atoms with Gasteiger partial charge in [-0.25, -0.2) is 0 Å². The van der Waals surface area contributed by atoms with Gasteiger partial charge in [0, 0.05) is 18.1 Å². The SMILES string of the molecule is CCCCNc1cccc(CCCCl)c1. The summed E-state index contributed by atoms with van der Waals surface area (Å²) < 4.78 is 0. The Morgan fingerprint density at radius 1 is 1.27 bits per heavy atom. The van der Waals surface area contributed by atoms with Gasteiger partial charge in [0.1, 0.15) is 0 Å². The zero-order valence-corrected chi connectivity index (χ0v) is 10.2. The molecule has 0 spiro atoms. The molecular formula is C13H20ClN. The lowest BCUT2D eigenvalue weighted by atomic mass is 10.1. The van der Waals surface area contributed by atoms with E-state index in [9.17, 15) is 0 Å². The Labute approximate surface area is 97.8 Å². The Hall–Kier alpha value is -0.690. The van der Waals surface area contributed by atoms with Crippen molar-refractivity contribution in [3.63, 3.8) is 0 Å². The number of alkyl halides is 1. The molecule has 0 aliphatic heterocycles. The maximum atomic E-state index is 5.68. The van der Waals surface area contributed by atoms with E-state index >= 15 is 0 Å². The predicted octanol–water partition coefficient (Wildman–Crippen LogP) is 4.07. The molecule has 0 fully saturated rings. The molecule has 0 aromatic heterocycles. The van der Waals surface area contributed by atoms with E-state index in [0.717, 1.165) is 25.3 Å². The van der Waals surface area contributed by atoms with Crippen molar-refractivity contribution in [1.29, 1.82) is 0 Å². The highest BCUT2D eigenvalue weighted by atomic mass is 35.5. The second kappa shape index (κ2) is 7.58.